The number of rotatable bonds is 6. The summed E-state index contributed by atoms with van der Waals surface area (Å²) in [6.07, 6.45) is 4.39. The Hall–Kier alpha value is -1.87. The van der Waals surface area contributed by atoms with Crippen LogP contribution in [0.4, 0.5) is 0 Å². The monoisotopic (exact) mass is 268 g/mol. The van der Waals surface area contributed by atoms with Crippen LogP contribution in [0.5, 0.6) is 5.75 Å². The van der Waals surface area contributed by atoms with Crippen LogP contribution in [0.1, 0.15) is 30.2 Å². The van der Waals surface area contributed by atoms with Gasteiger partial charge < -0.3 is 10.1 Å². The first-order chi connectivity index (χ1) is 9.83. The first kappa shape index (κ1) is 13.1. The molecule has 0 aliphatic heterocycles. The highest BCUT2D eigenvalue weighted by atomic mass is 16.5. The van der Waals surface area contributed by atoms with E-state index in [0.717, 1.165) is 18.0 Å². The van der Waals surface area contributed by atoms with Crippen molar-refractivity contribution in [1.82, 2.24) is 10.3 Å². The number of ether oxygens (including phenoxy) is 1. The topological polar surface area (TPSA) is 34.1 Å². The minimum atomic E-state index is 0.0275. The van der Waals surface area contributed by atoms with Gasteiger partial charge in [0.05, 0.1) is 5.69 Å². The summed E-state index contributed by atoms with van der Waals surface area (Å²) in [5.74, 6) is 0.860. The molecule has 104 valence electrons. The van der Waals surface area contributed by atoms with E-state index in [1.807, 2.05) is 25.1 Å². The minimum absolute atomic E-state index is 0.0275. The van der Waals surface area contributed by atoms with Crippen molar-refractivity contribution in [2.75, 3.05) is 6.54 Å². The van der Waals surface area contributed by atoms with Gasteiger partial charge in [-0.3, -0.25) is 4.98 Å². The van der Waals surface area contributed by atoms with Crippen molar-refractivity contribution in [1.29, 1.82) is 0 Å². The largest absolute Gasteiger partial charge is 0.482 e. The van der Waals surface area contributed by atoms with E-state index in [1.165, 1.54) is 18.4 Å². The molecule has 20 heavy (non-hydrogen) atoms. The van der Waals surface area contributed by atoms with E-state index in [0.29, 0.717) is 6.04 Å². The molecule has 1 fully saturated rings. The number of nitrogens with zero attached hydrogens (tertiary/aromatic N) is 1. The molecule has 1 saturated carbocycles. The summed E-state index contributed by atoms with van der Waals surface area (Å²) in [6, 6.07) is 15.0. The van der Waals surface area contributed by atoms with Crippen LogP contribution < -0.4 is 10.1 Å². The SMILES string of the molecule is Cc1ncccc1OC(CNC1CC1)c1ccccc1. The molecule has 1 N–H and O–H groups in total. The second-order valence-corrected chi connectivity index (χ2v) is 5.29. The first-order valence-corrected chi connectivity index (χ1v) is 7.19. The van der Waals surface area contributed by atoms with Crippen LogP contribution >= 0.6 is 0 Å². The van der Waals surface area contributed by atoms with Gasteiger partial charge in [-0.1, -0.05) is 30.3 Å². The lowest BCUT2D eigenvalue weighted by atomic mass is 10.1. The molecule has 0 saturated heterocycles. The number of aryl methyl sites for hydroxylation is 1. The van der Waals surface area contributed by atoms with Crippen LogP contribution in [0.3, 0.4) is 0 Å². The Bertz CT molecular complexity index is 552. The zero-order valence-corrected chi connectivity index (χ0v) is 11.8. The summed E-state index contributed by atoms with van der Waals surface area (Å²) >= 11 is 0. The Kier molecular flexibility index (Phi) is 3.97. The van der Waals surface area contributed by atoms with Crippen LogP contribution in [-0.4, -0.2) is 17.6 Å². The summed E-state index contributed by atoms with van der Waals surface area (Å²) in [6.45, 7) is 2.81. The van der Waals surface area contributed by atoms with Gasteiger partial charge in [0.1, 0.15) is 11.9 Å². The van der Waals surface area contributed by atoms with Crippen molar-refractivity contribution < 1.29 is 4.74 Å². The highest BCUT2D eigenvalue weighted by molar-refractivity contribution is 5.27. The molecule has 0 radical (unpaired) electrons. The van der Waals surface area contributed by atoms with Crippen LogP contribution in [0.2, 0.25) is 0 Å². The van der Waals surface area contributed by atoms with Crippen molar-refractivity contribution in [2.24, 2.45) is 0 Å². The summed E-state index contributed by atoms with van der Waals surface area (Å²) < 4.78 is 6.18. The maximum Gasteiger partial charge on any atom is 0.141 e. The van der Waals surface area contributed by atoms with Gasteiger partial charge in [0, 0.05) is 18.8 Å². The summed E-state index contributed by atoms with van der Waals surface area (Å²) in [5.41, 5.74) is 2.13. The molecule has 3 heteroatoms. The molecule has 3 rings (SSSR count). The van der Waals surface area contributed by atoms with Gasteiger partial charge in [0.15, 0.2) is 0 Å². The number of aromatic nitrogens is 1. The lowest BCUT2D eigenvalue weighted by Gasteiger charge is -2.21. The molecule has 1 unspecified atom stereocenters. The third-order valence-electron chi connectivity index (χ3n) is 3.57. The predicted molar refractivity (Wildman–Crippen MR) is 79.8 cm³/mol. The fraction of sp³-hybridized carbons (Fsp3) is 0.353. The Balaban J connectivity index is 1.76. The van der Waals surface area contributed by atoms with E-state index in [-0.39, 0.29) is 6.10 Å². The first-order valence-electron chi connectivity index (χ1n) is 7.19. The summed E-state index contributed by atoms with van der Waals surface area (Å²) in [7, 11) is 0. The Labute approximate surface area is 120 Å². The second-order valence-electron chi connectivity index (χ2n) is 5.29. The van der Waals surface area contributed by atoms with Crippen LogP contribution in [-0.2, 0) is 0 Å². The maximum absolute atomic E-state index is 6.18. The van der Waals surface area contributed by atoms with Gasteiger partial charge in [0.2, 0.25) is 0 Å². The standard InChI is InChI=1S/C17H20N2O/c1-13-16(8-5-11-18-13)20-17(12-19-15-9-10-15)14-6-3-2-4-7-14/h2-8,11,15,17,19H,9-10,12H2,1H3. The van der Waals surface area contributed by atoms with Crippen molar-refractivity contribution >= 4 is 0 Å². The lowest BCUT2D eigenvalue weighted by Crippen LogP contribution is -2.27. The lowest BCUT2D eigenvalue weighted by molar-refractivity contribution is 0.199. The number of hydrogen-bond acceptors (Lipinski definition) is 3. The Morgan fingerprint density at radius 1 is 1.20 bits per heavy atom. The zero-order valence-electron chi connectivity index (χ0n) is 11.8. The third-order valence-corrected chi connectivity index (χ3v) is 3.57. The smallest absolute Gasteiger partial charge is 0.141 e. The van der Waals surface area contributed by atoms with E-state index in [9.17, 15) is 0 Å². The van der Waals surface area contributed by atoms with Crippen molar-refractivity contribution in [3.63, 3.8) is 0 Å². The fourth-order valence-corrected chi connectivity index (χ4v) is 2.20. The van der Waals surface area contributed by atoms with E-state index in [2.05, 4.69) is 34.6 Å². The summed E-state index contributed by atoms with van der Waals surface area (Å²) in [5, 5.41) is 3.55. The zero-order chi connectivity index (χ0) is 13.8. The number of nitrogens with one attached hydrogen (secondary N) is 1. The molecule has 3 nitrogen and oxygen atoms in total. The highest BCUT2D eigenvalue weighted by Crippen LogP contribution is 2.25. The van der Waals surface area contributed by atoms with E-state index < -0.39 is 0 Å². The van der Waals surface area contributed by atoms with E-state index in [4.69, 9.17) is 4.74 Å². The predicted octanol–water partition coefficient (Wildman–Crippen LogP) is 3.26. The summed E-state index contributed by atoms with van der Waals surface area (Å²) in [4.78, 5) is 4.29. The number of pyridine rings is 1. The van der Waals surface area contributed by atoms with Gasteiger partial charge in [-0.2, -0.15) is 0 Å². The van der Waals surface area contributed by atoms with E-state index in [1.54, 1.807) is 6.20 Å². The quantitative estimate of drug-likeness (QED) is 0.873. The molecular weight excluding hydrogens is 248 g/mol. The van der Waals surface area contributed by atoms with Crippen LogP contribution in [0.25, 0.3) is 0 Å². The molecule has 1 heterocycles. The molecule has 0 spiro atoms. The molecule has 1 aliphatic carbocycles. The van der Waals surface area contributed by atoms with Gasteiger partial charge in [-0.15, -0.1) is 0 Å². The molecule has 1 aliphatic rings. The molecule has 1 aromatic carbocycles. The highest BCUT2D eigenvalue weighted by Gasteiger charge is 2.23. The van der Waals surface area contributed by atoms with Gasteiger partial charge in [-0.25, -0.2) is 0 Å². The fourth-order valence-electron chi connectivity index (χ4n) is 2.20. The average molecular weight is 268 g/mol. The molecule has 0 bridgehead atoms. The normalized spacial score (nSPS) is 15.8. The van der Waals surface area contributed by atoms with Crippen molar-refractivity contribution in [3.05, 3.63) is 59.9 Å². The maximum atomic E-state index is 6.18. The van der Waals surface area contributed by atoms with Gasteiger partial charge in [0.25, 0.3) is 0 Å². The van der Waals surface area contributed by atoms with Gasteiger partial charge in [-0.05, 0) is 37.5 Å². The van der Waals surface area contributed by atoms with Crippen LogP contribution in [0, 0.1) is 6.92 Å². The number of hydrogen-bond donors (Lipinski definition) is 1. The average Bonchev–Trinajstić information content (AvgIpc) is 3.30. The second kappa shape index (κ2) is 6.06. The molecule has 1 atom stereocenters. The molecular formula is C17H20N2O. The Morgan fingerprint density at radius 2 is 2.00 bits per heavy atom. The number of benzene rings is 1. The van der Waals surface area contributed by atoms with Gasteiger partial charge >= 0.3 is 0 Å². The van der Waals surface area contributed by atoms with Crippen molar-refractivity contribution in [3.8, 4) is 5.75 Å². The molecule has 1 aromatic heterocycles. The van der Waals surface area contributed by atoms with Crippen LogP contribution in [0.15, 0.2) is 48.7 Å². The Morgan fingerprint density at radius 3 is 2.70 bits per heavy atom. The molecule has 0 amide bonds. The van der Waals surface area contributed by atoms with E-state index >= 15 is 0 Å². The molecule has 2 aromatic rings. The minimum Gasteiger partial charge on any atom is -0.482 e. The van der Waals surface area contributed by atoms with Crippen molar-refractivity contribution in [2.45, 2.75) is 31.9 Å². The third kappa shape index (κ3) is 3.36.